The van der Waals surface area contributed by atoms with Crippen LogP contribution >= 0.6 is 0 Å². The Balaban J connectivity index is 2.60. The largest absolute Gasteiger partial charge is 0.381 e. The summed E-state index contributed by atoms with van der Waals surface area (Å²) in [5.41, 5.74) is 0.937. The average molecular weight is 139 g/mol. The van der Waals surface area contributed by atoms with E-state index in [0.717, 1.165) is 18.4 Å². The van der Waals surface area contributed by atoms with Crippen molar-refractivity contribution in [2.24, 2.45) is 0 Å². The molecule has 0 fully saturated rings. The molecule has 2 heteroatoms. The van der Waals surface area contributed by atoms with Gasteiger partial charge in [-0.1, -0.05) is 13.8 Å². The predicted octanol–water partition coefficient (Wildman–Crippen LogP) is 1.23. The first-order valence-electron chi connectivity index (χ1n) is 3.78. The Morgan fingerprint density at radius 1 is 1.60 bits per heavy atom. The summed E-state index contributed by atoms with van der Waals surface area (Å²) in [5, 5.41) is 3.05. The second-order valence-electron chi connectivity index (χ2n) is 2.51. The van der Waals surface area contributed by atoms with Crippen molar-refractivity contribution in [2.45, 2.75) is 32.7 Å². The van der Waals surface area contributed by atoms with E-state index in [-0.39, 0.29) is 11.8 Å². The Kier molecular flexibility index (Phi) is 2.10. The minimum atomic E-state index is 0.0648. The summed E-state index contributed by atoms with van der Waals surface area (Å²) in [6.07, 6.45) is 3.58. The number of hydrogen-bond acceptors (Lipinski definition) is 2. The molecule has 2 nitrogen and oxygen atoms in total. The number of carbonyl (C=O) groups excluding carboxylic acids is 1. The standard InChI is InChI=1S/C8H13NO/c1-3-6-5-9-7(4-2)8(6)10/h5,7,9H,3-4H2,1-2H3. The number of nitrogens with one attached hydrogen (secondary N) is 1. The molecule has 1 aliphatic heterocycles. The summed E-state index contributed by atoms with van der Waals surface area (Å²) < 4.78 is 0. The van der Waals surface area contributed by atoms with E-state index in [1.165, 1.54) is 0 Å². The zero-order valence-corrected chi connectivity index (χ0v) is 6.48. The van der Waals surface area contributed by atoms with E-state index in [1.807, 2.05) is 20.0 Å². The number of rotatable bonds is 2. The molecule has 0 amide bonds. The van der Waals surface area contributed by atoms with Gasteiger partial charge in [-0.3, -0.25) is 4.79 Å². The maximum absolute atomic E-state index is 11.2. The van der Waals surface area contributed by atoms with Crippen LogP contribution in [0.1, 0.15) is 26.7 Å². The first kappa shape index (κ1) is 7.32. The van der Waals surface area contributed by atoms with E-state index < -0.39 is 0 Å². The molecule has 0 aliphatic carbocycles. The van der Waals surface area contributed by atoms with Crippen LogP contribution in [0, 0.1) is 0 Å². The summed E-state index contributed by atoms with van der Waals surface area (Å²) in [6, 6.07) is 0.0648. The highest BCUT2D eigenvalue weighted by Gasteiger charge is 2.23. The summed E-state index contributed by atoms with van der Waals surface area (Å²) in [6.45, 7) is 4.02. The molecule has 0 aromatic rings. The fraction of sp³-hybridized carbons (Fsp3) is 0.625. The third kappa shape index (κ3) is 1.06. The third-order valence-electron chi connectivity index (χ3n) is 1.88. The van der Waals surface area contributed by atoms with Crippen molar-refractivity contribution in [3.8, 4) is 0 Å². The normalized spacial score (nSPS) is 24.4. The number of hydrogen-bond donors (Lipinski definition) is 1. The van der Waals surface area contributed by atoms with Crippen LogP contribution in [-0.4, -0.2) is 11.8 Å². The summed E-state index contributed by atoms with van der Waals surface area (Å²) in [7, 11) is 0. The maximum atomic E-state index is 11.2. The van der Waals surface area contributed by atoms with Gasteiger partial charge in [0.25, 0.3) is 0 Å². The molecule has 0 aromatic heterocycles. The fourth-order valence-corrected chi connectivity index (χ4v) is 1.15. The molecule has 56 valence electrons. The van der Waals surface area contributed by atoms with E-state index in [1.54, 1.807) is 0 Å². The second kappa shape index (κ2) is 2.86. The Morgan fingerprint density at radius 2 is 2.30 bits per heavy atom. The van der Waals surface area contributed by atoms with Gasteiger partial charge in [-0.05, 0) is 12.8 Å². The van der Waals surface area contributed by atoms with Crippen LogP contribution in [0.2, 0.25) is 0 Å². The van der Waals surface area contributed by atoms with Crippen LogP contribution in [0.4, 0.5) is 0 Å². The quantitative estimate of drug-likeness (QED) is 0.623. The molecular weight excluding hydrogens is 126 g/mol. The van der Waals surface area contributed by atoms with Crippen molar-refractivity contribution in [2.75, 3.05) is 0 Å². The number of Topliss-reactive ketones (excluding diaryl/α,β-unsaturated/α-hetero) is 1. The van der Waals surface area contributed by atoms with Crippen LogP contribution in [0.25, 0.3) is 0 Å². The first-order chi connectivity index (χ1) is 4.79. The summed E-state index contributed by atoms with van der Waals surface area (Å²) in [5.74, 6) is 0.282. The molecule has 0 aromatic carbocycles. The summed E-state index contributed by atoms with van der Waals surface area (Å²) >= 11 is 0. The van der Waals surface area contributed by atoms with E-state index in [2.05, 4.69) is 5.32 Å². The van der Waals surface area contributed by atoms with Gasteiger partial charge in [-0.2, -0.15) is 0 Å². The van der Waals surface area contributed by atoms with Gasteiger partial charge in [0.2, 0.25) is 0 Å². The number of carbonyl (C=O) groups is 1. The van der Waals surface area contributed by atoms with Crippen molar-refractivity contribution in [3.05, 3.63) is 11.8 Å². The lowest BCUT2D eigenvalue weighted by Gasteiger charge is -2.04. The fourth-order valence-electron chi connectivity index (χ4n) is 1.15. The van der Waals surface area contributed by atoms with Gasteiger partial charge in [0.1, 0.15) is 0 Å². The van der Waals surface area contributed by atoms with Gasteiger partial charge < -0.3 is 5.32 Å². The van der Waals surface area contributed by atoms with Gasteiger partial charge in [0, 0.05) is 11.8 Å². The predicted molar refractivity (Wildman–Crippen MR) is 40.6 cm³/mol. The molecule has 0 saturated heterocycles. The zero-order chi connectivity index (χ0) is 7.56. The topological polar surface area (TPSA) is 29.1 Å². The highest BCUT2D eigenvalue weighted by molar-refractivity contribution is 6.01. The molecular formula is C8H13NO. The highest BCUT2D eigenvalue weighted by Crippen LogP contribution is 2.12. The van der Waals surface area contributed by atoms with Crippen LogP contribution in [0.5, 0.6) is 0 Å². The molecule has 0 saturated carbocycles. The lowest BCUT2D eigenvalue weighted by molar-refractivity contribution is -0.116. The van der Waals surface area contributed by atoms with Crippen LogP contribution in [-0.2, 0) is 4.79 Å². The molecule has 1 rings (SSSR count). The first-order valence-corrected chi connectivity index (χ1v) is 3.78. The molecule has 0 radical (unpaired) electrons. The maximum Gasteiger partial charge on any atom is 0.182 e. The third-order valence-corrected chi connectivity index (χ3v) is 1.88. The molecule has 1 N–H and O–H groups in total. The molecule has 1 unspecified atom stereocenters. The van der Waals surface area contributed by atoms with Gasteiger partial charge in [0.05, 0.1) is 6.04 Å². The number of ketones is 1. The average Bonchev–Trinajstić information content (AvgIpc) is 2.30. The zero-order valence-electron chi connectivity index (χ0n) is 6.48. The smallest absolute Gasteiger partial charge is 0.182 e. The van der Waals surface area contributed by atoms with Gasteiger partial charge in [0.15, 0.2) is 5.78 Å². The lowest BCUT2D eigenvalue weighted by atomic mass is 10.1. The Hall–Kier alpha value is -0.790. The van der Waals surface area contributed by atoms with Gasteiger partial charge in [-0.15, -0.1) is 0 Å². The highest BCUT2D eigenvalue weighted by atomic mass is 16.1. The van der Waals surface area contributed by atoms with Crippen molar-refractivity contribution in [1.82, 2.24) is 5.32 Å². The molecule has 0 bridgehead atoms. The van der Waals surface area contributed by atoms with E-state index >= 15 is 0 Å². The Morgan fingerprint density at radius 3 is 2.60 bits per heavy atom. The Labute approximate surface area is 61.3 Å². The molecule has 10 heavy (non-hydrogen) atoms. The SMILES string of the molecule is CCC1=CNC(CC)C1=O. The van der Waals surface area contributed by atoms with E-state index in [0.29, 0.717) is 0 Å². The van der Waals surface area contributed by atoms with E-state index in [4.69, 9.17) is 0 Å². The van der Waals surface area contributed by atoms with Crippen molar-refractivity contribution >= 4 is 5.78 Å². The van der Waals surface area contributed by atoms with Crippen molar-refractivity contribution in [3.63, 3.8) is 0 Å². The van der Waals surface area contributed by atoms with Crippen molar-refractivity contribution in [1.29, 1.82) is 0 Å². The minimum Gasteiger partial charge on any atom is -0.381 e. The molecule has 0 spiro atoms. The second-order valence-corrected chi connectivity index (χ2v) is 2.51. The molecule has 1 heterocycles. The van der Waals surface area contributed by atoms with Gasteiger partial charge >= 0.3 is 0 Å². The van der Waals surface area contributed by atoms with Crippen LogP contribution in [0.3, 0.4) is 0 Å². The van der Waals surface area contributed by atoms with Gasteiger partial charge in [-0.25, -0.2) is 0 Å². The summed E-state index contributed by atoms with van der Waals surface area (Å²) in [4.78, 5) is 11.2. The minimum absolute atomic E-state index is 0.0648. The van der Waals surface area contributed by atoms with Crippen LogP contribution in [0.15, 0.2) is 11.8 Å². The Bertz CT molecular complexity index is 172. The molecule has 1 aliphatic rings. The van der Waals surface area contributed by atoms with Crippen molar-refractivity contribution < 1.29 is 4.79 Å². The monoisotopic (exact) mass is 139 g/mol. The lowest BCUT2D eigenvalue weighted by Crippen LogP contribution is -2.26. The molecule has 1 atom stereocenters. The van der Waals surface area contributed by atoms with Crippen LogP contribution < -0.4 is 5.32 Å². The van der Waals surface area contributed by atoms with E-state index in [9.17, 15) is 4.79 Å².